The average Bonchev–Trinajstić information content (AvgIpc) is 3.37. The summed E-state index contributed by atoms with van der Waals surface area (Å²) in [6.45, 7) is 7.78. The van der Waals surface area contributed by atoms with E-state index in [4.69, 9.17) is 0 Å². The van der Waals surface area contributed by atoms with Crippen LogP contribution in [0.5, 0.6) is 0 Å². The molecule has 0 amide bonds. The molecular weight excluding hydrogens is 340 g/mol. The Labute approximate surface area is 169 Å². The van der Waals surface area contributed by atoms with Crippen LogP contribution >= 0.6 is 0 Å². The summed E-state index contributed by atoms with van der Waals surface area (Å²) in [5.41, 5.74) is 4.17. The minimum atomic E-state index is 0.499. The molecule has 4 rings (SSSR count). The van der Waals surface area contributed by atoms with Crippen molar-refractivity contribution in [1.82, 2.24) is 9.80 Å². The van der Waals surface area contributed by atoms with Crippen molar-refractivity contribution in [3.63, 3.8) is 0 Å². The van der Waals surface area contributed by atoms with Crippen LogP contribution in [0, 0.1) is 0 Å². The monoisotopic (exact) mass is 370 g/mol. The molecule has 0 radical (unpaired) electrons. The molecular formula is C26H30N2. The molecule has 1 fully saturated rings. The van der Waals surface area contributed by atoms with Gasteiger partial charge in [-0.05, 0) is 30.5 Å². The number of benzene rings is 3. The van der Waals surface area contributed by atoms with Crippen LogP contribution in [-0.2, 0) is 19.6 Å². The highest BCUT2D eigenvalue weighted by Crippen LogP contribution is 2.35. The molecule has 0 spiro atoms. The van der Waals surface area contributed by atoms with E-state index in [1.807, 2.05) is 0 Å². The number of nitrogens with zero attached hydrogens (tertiary/aromatic N) is 2. The second-order valence-electron chi connectivity index (χ2n) is 8.01. The molecule has 1 aliphatic heterocycles. The first-order valence-electron chi connectivity index (χ1n) is 10.3. The van der Waals surface area contributed by atoms with E-state index in [-0.39, 0.29) is 0 Å². The SMILES string of the molecule is C[C@H]([C@H]1[C@H](C)N1Cc1ccccc1)N(Cc1ccccc1)Cc1ccccc1. The van der Waals surface area contributed by atoms with Crippen LogP contribution in [0.25, 0.3) is 0 Å². The van der Waals surface area contributed by atoms with E-state index in [0.717, 1.165) is 19.6 Å². The molecule has 0 bridgehead atoms. The Balaban J connectivity index is 1.48. The molecule has 0 saturated carbocycles. The lowest BCUT2D eigenvalue weighted by molar-refractivity contribution is 0.173. The van der Waals surface area contributed by atoms with Gasteiger partial charge in [-0.25, -0.2) is 0 Å². The zero-order valence-corrected chi connectivity index (χ0v) is 16.9. The van der Waals surface area contributed by atoms with Crippen molar-refractivity contribution in [1.29, 1.82) is 0 Å². The smallest absolute Gasteiger partial charge is 0.0409 e. The molecule has 1 unspecified atom stereocenters. The van der Waals surface area contributed by atoms with Gasteiger partial charge >= 0.3 is 0 Å². The van der Waals surface area contributed by atoms with Crippen LogP contribution < -0.4 is 0 Å². The summed E-state index contributed by atoms with van der Waals surface area (Å²) in [4.78, 5) is 5.26. The maximum atomic E-state index is 2.64. The predicted molar refractivity (Wildman–Crippen MR) is 117 cm³/mol. The fourth-order valence-electron chi connectivity index (χ4n) is 4.35. The highest BCUT2D eigenvalue weighted by Gasteiger charge is 2.48. The van der Waals surface area contributed by atoms with Crippen LogP contribution in [-0.4, -0.2) is 27.9 Å². The largest absolute Gasteiger partial charge is 0.291 e. The molecule has 28 heavy (non-hydrogen) atoms. The molecule has 1 aliphatic rings. The number of hydrogen-bond donors (Lipinski definition) is 0. The third-order valence-corrected chi connectivity index (χ3v) is 6.05. The van der Waals surface area contributed by atoms with Crippen molar-refractivity contribution in [2.45, 2.75) is 51.6 Å². The minimum absolute atomic E-state index is 0.499. The summed E-state index contributed by atoms with van der Waals surface area (Å²) in [6.07, 6.45) is 0. The van der Waals surface area contributed by atoms with Crippen LogP contribution in [0.4, 0.5) is 0 Å². The van der Waals surface area contributed by atoms with Gasteiger partial charge in [-0.3, -0.25) is 9.80 Å². The molecule has 2 nitrogen and oxygen atoms in total. The summed E-state index contributed by atoms with van der Waals surface area (Å²) in [5.74, 6) is 0. The van der Waals surface area contributed by atoms with E-state index in [1.54, 1.807) is 0 Å². The number of rotatable bonds is 8. The van der Waals surface area contributed by atoms with Crippen molar-refractivity contribution in [3.8, 4) is 0 Å². The molecule has 0 aliphatic carbocycles. The lowest BCUT2D eigenvalue weighted by Crippen LogP contribution is -2.37. The summed E-state index contributed by atoms with van der Waals surface area (Å²) in [6, 6.07) is 34.3. The average molecular weight is 371 g/mol. The first kappa shape index (κ1) is 18.9. The van der Waals surface area contributed by atoms with E-state index >= 15 is 0 Å². The highest BCUT2D eigenvalue weighted by molar-refractivity contribution is 5.20. The van der Waals surface area contributed by atoms with E-state index in [1.165, 1.54) is 16.7 Å². The Morgan fingerprint density at radius 3 is 1.61 bits per heavy atom. The predicted octanol–water partition coefficient (Wildman–Crippen LogP) is 5.35. The van der Waals surface area contributed by atoms with Gasteiger partial charge in [-0.1, -0.05) is 91.0 Å². The van der Waals surface area contributed by atoms with Crippen molar-refractivity contribution in [3.05, 3.63) is 108 Å². The molecule has 1 heterocycles. The van der Waals surface area contributed by atoms with Gasteiger partial charge in [0.2, 0.25) is 0 Å². The number of hydrogen-bond acceptors (Lipinski definition) is 2. The molecule has 1 saturated heterocycles. The van der Waals surface area contributed by atoms with Gasteiger partial charge in [-0.2, -0.15) is 0 Å². The fourth-order valence-corrected chi connectivity index (χ4v) is 4.35. The summed E-state index contributed by atoms with van der Waals surface area (Å²) in [7, 11) is 0. The van der Waals surface area contributed by atoms with Crippen LogP contribution in [0.2, 0.25) is 0 Å². The fraction of sp³-hybridized carbons (Fsp3) is 0.308. The Kier molecular flexibility index (Phi) is 5.90. The first-order valence-corrected chi connectivity index (χ1v) is 10.3. The van der Waals surface area contributed by atoms with E-state index < -0.39 is 0 Å². The first-order chi connectivity index (χ1) is 13.7. The quantitative estimate of drug-likeness (QED) is 0.493. The molecule has 3 aromatic carbocycles. The van der Waals surface area contributed by atoms with Crippen LogP contribution in [0.15, 0.2) is 91.0 Å². The highest BCUT2D eigenvalue weighted by atomic mass is 15.4. The molecule has 144 valence electrons. The van der Waals surface area contributed by atoms with Crippen molar-refractivity contribution in [2.75, 3.05) is 0 Å². The zero-order valence-electron chi connectivity index (χ0n) is 16.9. The van der Waals surface area contributed by atoms with Gasteiger partial charge in [0.25, 0.3) is 0 Å². The van der Waals surface area contributed by atoms with Crippen LogP contribution in [0.3, 0.4) is 0 Å². The van der Waals surface area contributed by atoms with Gasteiger partial charge < -0.3 is 0 Å². The molecule has 2 heteroatoms. The Morgan fingerprint density at radius 2 is 1.14 bits per heavy atom. The van der Waals surface area contributed by atoms with E-state index in [9.17, 15) is 0 Å². The van der Waals surface area contributed by atoms with Gasteiger partial charge in [0.15, 0.2) is 0 Å². The van der Waals surface area contributed by atoms with Crippen LogP contribution in [0.1, 0.15) is 30.5 Å². The van der Waals surface area contributed by atoms with Crippen molar-refractivity contribution < 1.29 is 0 Å². The van der Waals surface area contributed by atoms with Crippen molar-refractivity contribution in [2.24, 2.45) is 0 Å². The maximum absolute atomic E-state index is 2.64. The van der Waals surface area contributed by atoms with Gasteiger partial charge in [-0.15, -0.1) is 0 Å². The molecule has 3 aromatic rings. The van der Waals surface area contributed by atoms with Gasteiger partial charge in [0.1, 0.15) is 0 Å². The van der Waals surface area contributed by atoms with E-state index in [0.29, 0.717) is 18.1 Å². The molecule has 0 aromatic heterocycles. The minimum Gasteiger partial charge on any atom is -0.291 e. The second-order valence-corrected chi connectivity index (χ2v) is 8.01. The normalized spacial score (nSPS) is 22.2. The lowest BCUT2D eigenvalue weighted by Gasteiger charge is -2.30. The lowest BCUT2D eigenvalue weighted by atomic mass is 10.1. The summed E-state index contributed by atoms with van der Waals surface area (Å²) < 4.78 is 0. The zero-order chi connectivity index (χ0) is 19.3. The third-order valence-electron chi connectivity index (χ3n) is 6.05. The van der Waals surface area contributed by atoms with Gasteiger partial charge in [0, 0.05) is 37.8 Å². The topological polar surface area (TPSA) is 6.25 Å². The Hall–Kier alpha value is -2.42. The molecule has 0 N–H and O–H groups in total. The standard InChI is InChI=1S/C26H30N2/c1-21(26-22(2)28(26)20-25-16-10-5-11-17-25)27(18-23-12-6-3-7-13-23)19-24-14-8-4-9-15-24/h3-17,21-22,26H,18-20H2,1-2H3/t21-,22+,26+,28?/m1/s1. The Morgan fingerprint density at radius 1 is 0.714 bits per heavy atom. The van der Waals surface area contributed by atoms with Crippen molar-refractivity contribution >= 4 is 0 Å². The Bertz CT molecular complexity index is 806. The van der Waals surface area contributed by atoms with Gasteiger partial charge in [0.05, 0.1) is 0 Å². The molecule has 4 atom stereocenters. The third kappa shape index (κ3) is 4.52. The summed E-state index contributed by atoms with van der Waals surface area (Å²) >= 11 is 0. The maximum Gasteiger partial charge on any atom is 0.0409 e. The summed E-state index contributed by atoms with van der Waals surface area (Å²) in [5, 5.41) is 0. The second kappa shape index (κ2) is 8.72. The van der Waals surface area contributed by atoms with E-state index in [2.05, 4.69) is 115 Å².